The topological polar surface area (TPSA) is 26.3 Å². The number of ether oxygens (including phenoxy) is 1. The van der Waals surface area contributed by atoms with Crippen LogP contribution in [0.3, 0.4) is 0 Å². The average Bonchev–Trinajstić information content (AvgIpc) is 2.70. The summed E-state index contributed by atoms with van der Waals surface area (Å²) in [5.74, 6) is 0.119. The van der Waals surface area contributed by atoms with Crippen molar-refractivity contribution >= 4 is 5.78 Å². The zero-order valence-corrected chi connectivity index (χ0v) is 10.2. The van der Waals surface area contributed by atoms with Crippen LogP contribution in [0.4, 0.5) is 0 Å². The minimum absolute atomic E-state index is 0.119. The molecular formula is C14H18O2. The van der Waals surface area contributed by atoms with Gasteiger partial charge in [0.1, 0.15) is 5.60 Å². The normalized spacial score (nSPS) is 24.7. The summed E-state index contributed by atoms with van der Waals surface area (Å²) in [4.78, 5) is 12.3. The molecule has 1 saturated heterocycles. The molecular weight excluding hydrogens is 200 g/mol. The molecule has 0 aromatic heterocycles. The van der Waals surface area contributed by atoms with Crippen molar-refractivity contribution in [2.45, 2.75) is 39.2 Å². The van der Waals surface area contributed by atoms with Crippen molar-refractivity contribution in [3.05, 3.63) is 34.9 Å². The SMILES string of the molecule is Cc1ccc(C(=O)C2(C)CCCO2)cc1C. The number of benzene rings is 1. The van der Waals surface area contributed by atoms with E-state index in [0.29, 0.717) is 6.61 Å². The predicted molar refractivity (Wildman–Crippen MR) is 63.8 cm³/mol. The van der Waals surface area contributed by atoms with Crippen LogP contribution in [0.2, 0.25) is 0 Å². The fourth-order valence-electron chi connectivity index (χ4n) is 2.15. The summed E-state index contributed by atoms with van der Waals surface area (Å²) in [5, 5.41) is 0. The first-order chi connectivity index (χ1) is 7.53. The van der Waals surface area contributed by atoms with Crippen LogP contribution < -0.4 is 0 Å². The number of carbonyl (C=O) groups is 1. The zero-order valence-electron chi connectivity index (χ0n) is 10.2. The van der Waals surface area contributed by atoms with E-state index in [4.69, 9.17) is 4.74 Å². The fourth-order valence-corrected chi connectivity index (χ4v) is 2.15. The monoisotopic (exact) mass is 218 g/mol. The Morgan fingerprint density at radius 3 is 2.62 bits per heavy atom. The van der Waals surface area contributed by atoms with Gasteiger partial charge in [-0.05, 0) is 50.8 Å². The second kappa shape index (κ2) is 4.02. The number of carbonyl (C=O) groups excluding carboxylic acids is 1. The van der Waals surface area contributed by atoms with E-state index in [1.54, 1.807) is 0 Å². The molecule has 0 bridgehead atoms. The molecule has 1 aliphatic rings. The van der Waals surface area contributed by atoms with E-state index in [1.807, 2.05) is 32.0 Å². The van der Waals surface area contributed by atoms with Gasteiger partial charge in [-0.2, -0.15) is 0 Å². The molecule has 2 heteroatoms. The molecule has 0 radical (unpaired) electrons. The zero-order chi connectivity index (χ0) is 11.8. The Bertz CT molecular complexity index is 415. The van der Waals surface area contributed by atoms with Gasteiger partial charge in [-0.1, -0.05) is 12.1 Å². The lowest BCUT2D eigenvalue weighted by Crippen LogP contribution is -2.34. The molecule has 0 saturated carbocycles. The Labute approximate surface area is 96.6 Å². The highest BCUT2D eigenvalue weighted by Gasteiger charge is 2.38. The number of rotatable bonds is 2. The Kier molecular flexibility index (Phi) is 2.85. The van der Waals surface area contributed by atoms with Gasteiger partial charge in [0.15, 0.2) is 5.78 Å². The maximum absolute atomic E-state index is 12.3. The first-order valence-electron chi connectivity index (χ1n) is 5.79. The van der Waals surface area contributed by atoms with Crippen LogP contribution in [0.25, 0.3) is 0 Å². The van der Waals surface area contributed by atoms with Crippen molar-refractivity contribution < 1.29 is 9.53 Å². The molecule has 86 valence electrons. The lowest BCUT2D eigenvalue weighted by atomic mass is 9.90. The van der Waals surface area contributed by atoms with E-state index >= 15 is 0 Å². The molecule has 1 heterocycles. The van der Waals surface area contributed by atoms with Crippen molar-refractivity contribution in [1.29, 1.82) is 0 Å². The van der Waals surface area contributed by atoms with E-state index in [-0.39, 0.29) is 5.78 Å². The molecule has 0 aliphatic carbocycles. The summed E-state index contributed by atoms with van der Waals surface area (Å²) in [5.41, 5.74) is 2.55. The van der Waals surface area contributed by atoms with E-state index in [1.165, 1.54) is 5.56 Å². The van der Waals surface area contributed by atoms with Crippen molar-refractivity contribution in [2.75, 3.05) is 6.61 Å². The van der Waals surface area contributed by atoms with Gasteiger partial charge in [0, 0.05) is 12.2 Å². The summed E-state index contributed by atoms with van der Waals surface area (Å²) in [6.07, 6.45) is 1.81. The van der Waals surface area contributed by atoms with E-state index in [2.05, 4.69) is 6.92 Å². The summed E-state index contributed by atoms with van der Waals surface area (Å²) in [6, 6.07) is 5.86. The van der Waals surface area contributed by atoms with Gasteiger partial charge < -0.3 is 4.74 Å². The summed E-state index contributed by atoms with van der Waals surface area (Å²) < 4.78 is 5.58. The van der Waals surface area contributed by atoms with Gasteiger partial charge in [0.25, 0.3) is 0 Å². The van der Waals surface area contributed by atoms with Gasteiger partial charge >= 0.3 is 0 Å². The van der Waals surface area contributed by atoms with Crippen LogP contribution in [-0.4, -0.2) is 18.0 Å². The first kappa shape index (κ1) is 11.3. The lowest BCUT2D eigenvalue weighted by molar-refractivity contribution is 0.0213. The number of hydrogen-bond donors (Lipinski definition) is 0. The number of aryl methyl sites for hydroxylation is 2. The Hall–Kier alpha value is -1.15. The average molecular weight is 218 g/mol. The molecule has 0 N–H and O–H groups in total. The van der Waals surface area contributed by atoms with Crippen molar-refractivity contribution in [3.8, 4) is 0 Å². The minimum atomic E-state index is -0.596. The van der Waals surface area contributed by atoms with Crippen LogP contribution in [-0.2, 0) is 4.74 Å². The Morgan fingerprint density at radius 1 is 1.31 bits per heavy atom. The van der Waals surface area contributed by atoms with Gasteiger partial charge in [-0.3, -0.25) is 4.79 Å². The predicted octanol–water partition coefficient (Wildman–Crippen LogP) is 3.06. The molecule has 1 fully saturated rings. The van der Waals surface area contributed by atoms with Crippen LogP contribution >= 0.6 is 0 Å². The van der Waals surface area contributed by atoms with Crippen LogP contribution in [0.5, 0.6) is 0 Å². The quantitative estimate of drug-likeness (QED) is 0.713. The first-order valence-corrected chi connectivity index (χ1v) is 5.79. The van der Waals surface area contributed by atoms with Crippen LogP contribution in [0, 0.1) is 13.8 Å². The molecule has 2 rings (SSSR count). The standard InChI is InChI=1S/C14H18O2/c1-10-5-6-12(9-11(10)2)13(15)14(3)7-4-8-16-14/h5-6,9H,4,7-8H2,1-3H3. The molecule has 1 aliphatic heterocycles. The molecule has 1 atom stereocenters. The summed E-state index contributed by atoms with van der Waals surface area (Å²) in [7, 11) is 0. The van der Waals surface area contributed by atoms with E-state index in [9.17, 15) is 4.79 Å². The number of hydrogen-bond acceptors (Lipinski definition) is 2. The third-order valence-electron chi connectivity index (χ3n) is 3.47. The van der Waals surface area contributed by atoms with Crippen molar-refractivity contribution in [3.63, 3.8) is 0 Å². The summed E-state index contributed by atoms with van der Waals surface area (Å²) in [6.45, 7) is 6.69. The smallest absolute Gasteiger partial charge is 0.194 e. The number of Topliss-reactive ketones (excluding diaryl/α,β-unsaturated/α-hetero) is 1. The number of ketones is 1. The van der Waals surface area contributed by atoms with E-state index in [0.717, 1.165) is 24.0 Å². The highest BCUT2D eigenvalue weighted by atomic mass is 16.5. The largest absolute Gasteiger partial charge is 0.367 e. The lowest BCUT2D eigenvalue weighted by Gasteiger charge is -2.21. The molecule has 0 spiro atoms. The third kappa shape index (κ3) is 1.90. The fraction of sp³-hybridized carbons (Fsp3) is 0.500. The third-order valence-corrected chi connectivity index (χ3v) is 3.47. The molecule has 0 amide bonds. The highest BCUT2D eigenvalue weighted by Crippen LogP contribution is 2.29. The molecule has 1 aromatic carbocycles. The molecule has 16 heavy (non-hydrogen) atoms. The van der Waals surface area contributed by atoms with Gasteiger partial charge in [0.05, 0.1) is 0 Å². The minimum Gasteiger partial charge on any atom is -0.367 e. The molecule has 1 unspecified atom stereocenters. The van der Waals surface area contributed by atoms with Crippen molar-refractivity contribution in [1.82, 2.24) is 0 Å². The van der Waals surface area contributed by atoms with Gasteiger partial charge in [-0.25, -0.2) is 0 Å². The summed E-state index contributed by atoms with van der Waals surface area (Å²) >= 11 is 0. The maximum atomic E-state index is 12.3. The molecule has 1 aromatic rings. The van der Waals surface area contributed by atoms with Crippen molar-refractivity contribution in [2.24, 2.45) is 0 Å². The van der Waals surface area contributed by atoms with Crippen LogP contribution in [0.15, 0.2) is 18.2 Å². The van der Waals surface area contributed by atoms with Crippen LogP contribution in [0.1, 0.15) is 41.3 Å². The highest BCUT2D eigenvalue weighted by molar-refractivity contribution is 6.02. The molecule has 2 nitrogen and oxygen atoms in total. The maximum Gasteiger partial charge on any atom is 0.194 e. The van der Waals surface area contributed by atoms with Gasteiger partial charge in [0.2, 0.25) is 0 Å². The van der Waals surface area contributed by atoms with E-state index < -0.39 is 5.60 Å². The van der Waals surface area contributed by atoms with Gasteiger partial charge in [-0.15, -0.1) is 0 Å². The second-order valence-corrected chi connectivity index (χ2v) is 4.81. The Balaban J connectivity index is 2.30. The second-order valence-electron chi connectivity index (χ2n) is 4.81. The Morgan fingerprint density at radius 2 is 2.06 bits per heavy atom.